The number of hydrogen-bond donors (Lipinski definition) is 1. The van der Waals surface area contributed by atoms with Crippen LogP contribution in [0.25, 0.3) is 10.9 Å². The number of aromatic nitrogens is 2. The molecule has 1 amide bonds. The van der Waals surface area contributed by atoms with E-state index in [9.17, 15) is 14.7 Å². The second-order valence-corrected chi connectivity index (χ2v) is 18.0. The first-order valence-electron chi connectivity index (χ1n) is 12.2. The number of hydrogen-bond acceptors (Lipinski definition) is 5. The number of carboxylic acids is 1. The summed E-state index contributed by atoms with van der Waals surface area (Å²) in [5.74, 6) is -1.55. The minimum absolute atomic E-state index is 0.123. The summed E-state index contributed by atoms with van der Waals surface area (Å²) < 4.78 is 13.9. The van der Waals surface area contributed by atoms with Crippen molar-refractivity contribution in [3.8, 4) is 0 Å². The van der Waals surface area contributed by atoms with Crippen molar-refractivity contribution in [1.82, 2.24) is 14.7 Å². The average molecular weight is 569 g/mol. The van der Waals surface area contributed by atoms with Gasteiger partial charge in [0.15, 0.2) is 0 Å². The summed E-state index contributed by atoms with van der Waals surface area (Å²) in [7, 11) is -1.15. The van der Waals surface area contributed by atoms with E-state index in [4.69, 9.17) is 9.47 Å². The zero-order valence-electron chi connectivity index (χ0n) is 21.6. The third-order valence-corrected chi connectivity index (χ3v) is 8.49. The van der Waals surface area contributed by atoms with Crippen LogP contribution in [0.2, 0.25) is 25.7 Å². The fraction of sp³-hybridized carbons (Fsp3) is 0.640. The predicted molar refractivity (Wildman–Crippen MR) is 142 cm³/mol. The van der Waals surface area contributed by atoms with E-state index in [0.717, 1.165) is 29.1 Å². The number of likely N-dealkylation sites (tertiary alicyclic amines) is 1. The zero-order chi connectivity index (χ0) is 26.0. The van der Waals surface area contributed by atoms with Gasteiger partial charge in [-0.25, -0.2) is 9.48 Å². The van der Waals surface area contributed by atoms with Crippen molar-refractivity contribution in [2.24, 2.45) is 11.8 Å². The third-order valence-electron chi connectivity index (χ3n) is 6.20. The Labute approximate surface area is 217 Å². The molecule has 0 aliphatic carbocycles. The van der Waals surface area contributed by atoms with Gasteiger partial charge in [0.25, 0.3) is 0 Å². The van der Waals surface area contributed by atoms with Crippen LogP contribution in [0.3, 0.4) is 0 Å². The first-order chi connectivity index (χ1) is 16.2. The summed E-state index contributed by atoms with van der Waals surface area (Å²) in [5.41, 5.74) is 1.30. The Balaban J connectivity index is 1.67. The van der Waals surface area contributed by atoms with Crippen molar-refractivity contribution >= 4 is 47.0 Å². The highest BCUT2D eigenvalue weighted by atomic mass is 79.9. The first kappa shape index (κ1) is 27.7. The number of carbonyl (C=O) groups excluding carboxylic acids is 1. The Morgan fingerprint density at radius 1 is 1.29 bits per heavy atom. The summed E-state index contributed by atoms with van der Waals surface area (Å²) in [4.78, 5) is 26.2. The first-order valence-corrected chi connectivity index (χ1v) is 16.7. The van der Waals surface area contributed by atoms with E-state index < -0.39 is 25.6 Å². The van der Waals surface area contributed by atoms with Crippen molar-refractivity contribution in [1.29, 1.82) is 0 Å². The molecule has 2 aromatic rings. The topological polar surface area (TPSA) is 93.9 Å². The van der Waals surface area contributed by atoms with E-state index in [0.29, 0.717) is 37.3 Å². The molecule has 0 saturated carbocycles. The second-order valence-electron chi connectivity index (χ2n) is 11.6. The number of halogens is 1. The lowest BCUT2D eigenvalue weighted by Crippen LogP contribution is -2.36. The molecular formula is C25H38BrN3O5Si. The summed E-state index contributed by atoms with van der Waals surface area (Å²) in [6.45, 7) is 14.5. The van der Waals surface area contributed by atoms with Gasteiger partial charge in [-0.05, 0) is 79.2 Å². The molecule has 10 heteroatoms. The van der Waals surface area contributed by atoms with Crippen LogP contribution in [0.4, 0.5) is 4.79 Å². The molecule has 1 N–H and O–H groups in total. The highest BCUT2D eigenvalue weighted by Crippen LogP contribution is 2.31. The fourth-order valence-electron chi connectivity index (χ4n) is 4.26. The Morgan fingerprint density at radius 3 is 2.63 bits per heavy atom. The molecular weight excluding hydrogens is 530 g/mol. The number of benzene rings is 1. The Kier molecular flexibility index (Phi) is 8.70. The molecule has 0 radical (unpaired) electrons. The standard InChI is InChI=1S/C25H38BrN3O5Si/c1-25(2,3)34-24(32)28-10-9-18(15-28)19(23(30)31)13-17-7-8-21-20(14-17)22(26)27-29(21)16-33-11-12-35(4,5)6/h7-8,14,18-19H,9-13,15-16H2,1-6H3,(H,30,31)/t18-,19-/m0/s1. The van der Waals surface area contributed by atoms with Crippen molar-refractivity contribution in [2.45, 2.75) is 71.6 Å². The van der Waals surface area contributed by atoms with Crippen LogP contribution in [0.15, 0.2) is 22.8 Å². The van der Waals surface area contributed by atoms with Crippen LogP contribution >= 0.6 is 15.9 Å². The molecule has 1 saturated heterocycles. The second kappa shape index (κ2) is 11.0. The molecule has 2 heterocycles. The average Bonchev–Trinajstić information content (AvgIpc) is 3.33. The molecule has 8 nitrogen and oxygen atoms in total. The number of carbonyl (C=O) groups is 2. The van der Waals surface area contributed by atoms with Gasteiger partial charge in [-0.1, -0.05) is 25.7 Å². The van der Waals surface area contributed by atoms with E-state index in [2.05, 4.69) is 40.7 Å². The third kappa shape index (κ3) is 7.78. The molecule has 3 rings (SSSR count). The number of ether oxygens (including phenoxy) is 2. The van der Waals surface area contributed by atoms with Gasteiger partial charge in [0.2, 0.25) is 0 Å². The maximum absolute atomic E-state index is 12.4. The molecule has 1 aliphatic heterocycles. The van der Waals surface area contributed by atoms with Crippen LogP contribution in [-0.2, 0) is 27.4 Å². The minimum Gasteiger partial charge on any atom is -0.481 e. The van der Waals surface area contributed by atoms with Gasteiger partial charge >= 0.3 is 12.1 Å². The lowest BCUT2D eigenvalue weighted by atomic mass is 9.86. The molecule has 1 aromatic carbocycles. The monoisotopic (exact) mass is 567 g/mol. The summed E-state index contributed by atoms with van der Waals surface area (Å²) >= 11 is 3.55. The molecule has 1 fully saturated rings. The molecule has 2 atom stereocenters. The van der Waals surface area contributed by atoms with Gasteiger partial charge in [-0.3, -0.25) is 4.79 Å². The lowest BCUT2D eigenvalue weighted by molar-refractivity contribution is -0.143. The number of aliphatic carboxylic acids is 1. The molecule has 1 aromatic heterocycles. The summed E-state index contributed by atoms with van der Waals surface area (Å²) in [6, 6.07) is 7.04. The minimum atomic E-state index is -1.15. The molecule has 0 unspecified atom stereocenters. The van der Waals surface area contributed by atoms with Crippen molar-refractivity contribution in [3.63, 3.8) is 0 Å². The van der Waals surface area contributed by atoms with E-state index in [-0.39, 0.29) is 12.0 Å². The molecule has 35 heavy (non-hydrogen) atoms. The molecule has 0 spiro atoms. The largest absolute Gasteiger partial charge is 0.481 e. The molecule has 194 valence electrons. The number of carboxylic acid groups (broad SMARTS) is 1. The van der Waals surface area contributed by atoms with Gasteiger partial charge in [0.05, 0.1) is 11.4 Å². The highest BCUT2D eigenvalue weighted by Gasteiger charge is 2.37. The van der Waals surface area contributed by atoms with Crippen LogP contribution in [0, 0.1) is 11.8 Å². The Hall–Kier alpha value is -1.91. The van der Waals surface area contributed by atoms with Gasteiger partial charge in [0, 0.05) is 33.2 Å². The van der Waals surface area contributed by atoms with Gasteiger partial charge in [-0.2, -0.15) is 5.10 Å². The zero-order valence-corrected chi connectivity index (χ0v) is 24.2. The maximum atomic E-state index is 12.4. The lowest BCUT2D eigenvalue weighted by Gasteiger charge is -2.25. The SMILES string of the molecule is CC(C)(C)OC(=O)N1CC[C@H]([C@H](Cc2ccc3c(c2)c(Br)nn3COCC[Si](C)(C)C)C(=O)O)C1. The van der Waals surface area contributed by atoms with E-state index in [1.807, 2.05) is 43.7 Å². The predicted octanol–water partition coefficient (Wildman–Crippen LogP) is 5.61. The summed E-state index contributed by atoms with van der Waals surface area (Å²) in [6.07, 6.45) is 0.658. The van der Waals surface area contributed by atoms with Crippen LogP contribution in [0.1, 0.15) is 32.8 Å². The normalized spacial score (nSPS) is 17.7. The number of rotatable bonds is 9. The molecule has 0 bridgehead atoms. The maximum Gasteiger partial charge on any atom is 0.410 e. The van der Waals surface area contributed by atoms with Crippen LogP contribution < -0.4 is 0 Å². The number of fused-ring (bicyclic) bond motifs is 1. The fourth-order valence-corrected chi connectivity index (χ4v) is 5.53. The Bertz CT molecular complexity index is 1060. The quantitative estimate of drug-likeness (QED) is 0.312. The number of nitrogens with zero attached hydrogens (tertiary/aromatic N) is 3. The van der Waals surface area contributed by atoms with Crippen molar-refractivity contribution < 1.29 is 24.2 Å². The Morgan fingerprint density at radius 2 is 2.00 bits per heavy atom. The van der Waals surface area contributed by atoms with E-state index in [1.165, 1.54) is 0 Å². The van der Waals surface area contributed by atoms with Crippen LogP contribution in [-0.4, -0.2) is 65.2 Å². The molecule has 1 aliphatic rings. The summed E-state index contributed by atoms with van der Waals surface area (Å²) in [5, 5.41) is 15.5. The van der Waals surface area contributed by atoms with Gasteiger partial charge < -0.3 is 19.5 Å². The number of amides is 1. The van der Waals surface area contributed by atoms with E-state index >= 15 is 0 Å². The van der Waals surface area contributed by atoms with E-state index in [1.54, 1.807) is 4.90 Å². The van der Waals surface area contributed by atoms with Crippen molar-refractivity contribution in [2.75, 3.05) is 19.7 Å². The van der Waals surface area contributed by atoms with Crippen molar-refractivity contribution in [3.05, 3.63) is 28.4 Å². The highest BCUT2D eigenvalue weighted by molar-refractivity contribution is 9.10. The van der Waals surface area contributed by atoms with Gasteiger partial charge in [0.1, 0.15) is 16.9 Å². The smallest absolute Gasteiger partial charge is 0.410 e. The van der Waals surface area contributed by atoms with Crippen LogP contribution in [0.5, 0.6) is 0 Å². The van der Waals surface area contributed by atoms with Gasteiger partial charge in [-0.15, -0.1) is 0 Å².